The van der Waals surface area contributed by atoms with Gasteiger partial charge in [-0.3, -0.25) is 38.4 Å². The summed E-state index contributed by atoms with van der Waals surface area (Å²) in [6.45, 7) is 0. The molecule has 8 amide bonds. The van der Waals surface area contributed by atoms with Crippen LogP contribution < -0.4 is 19.6 Å². The van der Waals surface area contributed by atoms with Crippen LogP contribution in [0.1, 0.15) is 52.6 Å². The molecule has 0 spiro atoms. The number of amides is 8. The van der Waals surface area contributed by atoms with Crippen molar-refractivity contribution in [3.8, 4) is 0 Å². The molecule has 75 heavy (non-hydrogen) atoms. The molecule has 4 aliphatic rings. The van der Waals surface area contributed by atoms with Crippen LogP contribution in [0.2, 0.25) is 0 Å². The summed E-state index contributed by atoms with van der Waals surface area (Å²) >= 11 is 0. The lowest BCUT2D eigenvalue weighted by molar-refractivity contribution is -0.288. The van der Waals surface area contributed by atoms with Gasteiger partial charge in [0.2, 0.25) is 25.1 Å². The number of imide groups is 4. The molecule has 0 bridgehead atoms. The molecular weight excluding hydrogens is 1040 g/mol. The second-order valence-electron chi connectivity index (χ2n) is 16.8. The number of fused-ring (bicyclic) bond motifs is 2. The molecule has 6 aromatic rings. The second kappa shape index (κ2) is 17.0. The SMILES string of the molecule is O=C1C=CC(=O)N1c1ccc(S(=O)(=O)c2ccc(N3C(=O)c4ccc(C(c5ccc6c(c5)C(=O)N(c5ccc(S(=O)(=O)c7ccc(N8C(=O)C=CC8=O)cc7)cc5)C6=O)(C(F)(F)F)C(F)(F)F)cc4C3=O)cc2)cc1. The number of nitrogens with zero attached hydrogens (tertiary/aromatic N) is 4. The highest BCUT2D eigenvalue weighted by Gasteiger charge is 2.73. The van der Waals surface area contributed by atoms with Crippen molar-refractivity contribution in [2.75, 3.05) is 19.6 Å². The van der Waals surface area contributed by atoms with Crippen molar-refractivity contribution in [1.82, 2.24) is 0 Å². The molecule has 16 nitrogen and oxygen atoms in total. The predicted octanol–water partition coefficient (Wildman–Crippen LogP) is 7.22. The number of benzene rings is 6. The molecule has 0 atom stereocenters. The van der Waals surface area contributed by atoms with Gasteiger partial charge in [-0.05, 0) is 132 Å². The first-order chi connectivity index (χ1) is 35.3. The van der Waals surface area contributed by atoms with Gasteiger partial charge in [0.1, 0.15) is 0 Å². The van der Waals surface area contributed by atoms with E-state index in [0.29, 0.717) is 34.1 Å². The number of anilines is 4. The van der Waals surface area contributed by atoms with E-state index >= 15 is 26.3 Å². The number of carbonyl (C=O) groups is 8. The number of carbonyl (C=O) groups excluding carboxylic acids is 8. The molecule has 0 aromatic heterocycles. The van der Waals surface area contributed by atoms with Gasteiger partial charge in [0.15, 0.2) is 0 Å². The molecule has 0 fully saturated rings. The maximum Gasteiger partial charge on any atom is 0.411 e. The molecule has 0 N–H and O–H groups in total. The molecule has 376 valence electrons. The Morgan fingerprint density at radius 1 is 0.307 bits per heavy atom. The van der Waals surface area contributed by atoms with Crippen molar-refractivity contribution in [1.29, 1.82) is 0 Å². The van der Waals surface area contributed by atoms with Crippen LogP contribution in [0.4, 0.5) is 49.1 Å². The molecule has 6 aromatic carbocycles. The van der Waals surface area contributed by atoms with Crippen molar-refractivity contribution in [2.24, 2.45) is 0 Å². The Kier molecular flexibility index (Phi) is 11.2. The molecule has 4 aliphatic heterocycles. The highest BCUT2D eigenvalue weighted by Crippen LogP contribution is 2.57. The highest BCUT2D eigenvalue weighted by atomic mass is 32.2. The maximum atomic E-state index is 15.5. The summed E-state index contributed by atoms with van der Waals surface area (Å²) in [5, 5.41) is 0. The second-order valence-corrected chi connectivity index (χ2v) is 20.7. The van der Waals surface area contributed by atoms with E-state index in [9.17, 15) is 55.2 Å². The number of sulfone groups is 2. The summed E-state index contributed by atoms with van der Waals surface area (Å²) < 4.78 is 147. The normalized spacial score (nSPS) is 16.1. The van der Waals surface area contributed by atoms with Gasteiger partial charge in [-0.1, -0.05) is 12.1 Å². The van der Waals surface area contributed by atoms with Gasteiger partial charge in [-0.2, -0.15) is 26.3 Å². The number of rotatable bonds is 10. The molecule has 0 saturated heterocycles. The molecule has 0 unspecified atom stereocenters. The van der Waals surface area contributed by atoms with Crippen LogP contribution in [-0.4, -0.2) is 76.4 Å². The summed E-state index contributed by atoms with van der Waals surface area (Å²) in [6.07, 6.45) is -8.48. The van der Waals surface area contributed by atoms with Gasteiger partial charge in [-0.15, -0.1) is 0 Å². The third-order valence-corrected chi connectivity index (χ3v) is 16.3. The van der Waals surface area contributed by atoms with Crippen LogP contribution in [-0.2, 0) is 44.3 Å². The number of alkyl halides is 6. The van der Waals surface area contributed by atoms with E-state index in [4.69, 9.17) is 0 Å². The third-order valence-electron chi connectivity index (χ3n) is 12.7. The zero-order chi connectivity index (χ0) is 53.9. The summed E-state index contributed by atoms with van der Waals surface area (Å²) in [5.74, 6) is -7.74. The molecule has 10 rings (SSSR count). The lowest BCUT2D eigenvalue weighted by Crippen LogP contribution is -2.55. The van der Waals surface area contributed by atoms with Gasteiger partial charge in [0, 0.05) is 24.3 Å². The van der Waals surface area contributed by atoms with Crippen LogP contribution in [0, 0.1) is 0 Å². The van der Waals surface area contributed by atoms with Gasteiger partial charge < -0.3 is 0 Å². The van der Waals surface area contributed by atoms with E-state index in [1.165, 1.54) is 24.3 Å². The topological polar surface area (TPSA) is 218 Å². The van der Waals surface area contributed by atoms with E-state index in [2.05, 4.69) is 0 Å². The van der Waals surface area contributed by atoms with Crippen molar-refractivity contribution < 1.29 is 81.5 Å². The lowest BCUT2D eigenvalue weighted by atomic mass is 9.71. The van der Waals surface area contributed by atoms with Crippen molar-refractivity contribution >= 4 is 89.7 Å². The van der Waals surface area contributed by atoms with Gasteiger partial charge in [-0.25, -0.2) is 36.4 Å². The molecule has 0 aliphatic carbocycles. The Hall–Kier alpha value is -9.16. The van der Waals surface area contributed by atoms with Crippen molar-refractivity contribution in [2.45, 2.75) is 37.3 Å². The zero-order valence-corrected chi connectivity index (χ0v) is 38.9. The minimum atomic E-state index is -6.30. The van der Waals surface area contributed by atoms with Crippen molar-refractivity contribution in [3.05, 3.63) is 191 Å². The first-order valence-electron chi connectivity index (χ1n) is 21.5. The van der Waals surface area contributed by atoms with Gasteiger partial charge in [0.25, 0.3) is 47.3 Å². The Morgan fingerprint density at radius 2 is 0.547 bits per heavy atom. The monoisotopic (exact) mass is 1060 g/mol. The summed E-state index contributed by atoms with van der Waals surface area (Å²) in [4.78, 5) is 104. The average Bonchev–Trinajstić information content (AvgIpc) is 4.05. The van der Waals surface area contributed by atoms with Crippen LogP contribution in [0.15, 0.2) is 177 Å². The maximum absolute atomic E-state index is 15.5. The summed E-state index contributed by atoms with van der Waals surface area (Å²) in [5.41, 5.74) is -11.8. The Balaban J connectivity index is 0.922. The largest absolute Gasteiger partial charge is 0.411 e. The minimum absolute atomic E-state index is 0.0745. The first-order valence-corrected chi connectivity index (χ1v) is 24.5. The summed E-state index contributed by atoms with van der Waals surface area (Å²) in [6, 6.07) is 19.5. The van der Waals surface area contributed by atoms with Crippen LogP contribution in [0.25, 0.3) is 0 Å². The quantitative estimate of drug-likeness (QED) is 0.0981. The van der Waals surface area contributed by atoms with Crippen molar-refractivity contribution in [3.63, 3.8) is 0 Å². The Morgan fingerprint density at radius 3 is 0.800 bits per heavy atom. The molecule has 0 radical (unpaired) electrons. The predicted molar refractivity (Wildman–Crippen MR) is 248 cm³/mol. The van der Waals surface area contributed by atoms with Crippen LogP contribution in [0.3, 0.4) is 0 Å². The van der Waals surface area contributed by atoms with E-state index in [1.54, 1.807) is 0 Å². The fourth-order valence-electron chi connectivity index (χ4n) is 9.08. The lowest BCUT2D eigenvalue weighted by Gasteiger charge is -2.38. The smallest absolute Gasteiger partial charge is 0.269 e. The fraction of sp³-hybridized carbons (Fsp3) is 0.0588. The zero-order valence-electron chi connectivity index (χ0n) is 37.3. The van der Waals surface area contributed by atoms with E-state index in [0.717, 1.165) is 107 Å². The van der Waals surface area contributed by atoms with Gasteiger partial charge >= 0.3 is 12.4 Å². The Labute approximate surface area is 417 Å². The molecule has 4 heterocycles. The third kappa shape index (κ3) is 7.49. The number of hydrogen-bond acceptors (Lipinski definition) is 12. The van der Waals surface area contributed by atoms with Crippen LogP contribution >= 0.6 is 0 Å². The molecule has 24 heteroatoms. The molecule has 0 saturated carbocycles. The van der Waals surface area contributed by atoms with E-state index in [-0.39, 0.29) is 54.5 Å². The summed E-state index contributed by atoms with van der Waals surface area (Å²) in [7, 11) is -8.67. The average molecular weight is 1060 g/mol. The fourth-order valence-corrected chi connectivity index (χ4v) is 11.6. The molecular formula is C51H26F6N4O12S2. The standard InChI is InChI=1S/C51H26F6N4O12S2/c52-50(53,54)49(51(55,56)57,27-1-19-37-39(25-27)47(68)60(45(37)66)31-7-15-35(16-8-31)74(70,71)33-11-3-29(4-12-33)58-41(62)21-22-42(58)63)28-2-20-38-40(26-28)48(69)61(46(38)67)32-9-17-36(18-10-32)75(72,73)34-13-5-30(6-14-34)59-43(64)23-24-44(59)65/h1-26H. The first kappa shape index (κ1) is 49.4. The number of halogens is 6. The van der Waals surface area contributed by atoms with E-state index in [1.807, 2.05) is 0 Å². The number of hydrogen-bond donors (Lipinski definition) is 0. The Bertz CT molecular complexity index is 3600. The van der Waals surface area contributed by atoms with Crippen LogP contribution in [0.5, 0.6) is 0 Å². The minimum Gasteiger partial charge on any atom is -0.269 e. The van der Waals surface area contributed by atoms with E-state index < -0.39 is 118 Å². The van der Waals surface area contributed by atoms with Gasteiger partial charge in [0.05, 0.1) is 64.6 Å². The highest BCUT2D eigenvalue weighted by molar-refractivity contribution is 7.91.